The van der Waals surface area contributed by atoms with Crippen molar-refractivity contribution in [1.82, 2.24) is 14.5 Å². The average Bonchev–Trinajstić information content (AvgIpc) is 3.32. The van der Waals surface area contributed by atoms with Gasteiger partial charge in [0, 0.05) is 0 Å². The molecule has 0 saturated heterocycles. The zero-order chi connectivity index (χ0) is 19.5. The van der Waals surface area contributed by atoms with Gasteiger partial charge in [0.25, 0.3) is 5.89 Å². The second-order valence-electron chi connectivity index (χ2n) is 6.95. The number of ether oxygens (including phenoxy) is 1. The SMILES string of the molecule is CCC(O)COC(CC)Cn1c(-c2nc3ccccc3o2)nc2ccccc21. The van der Waals surface area contributed by atoms with Crippen LogP contribution in [-0.2, 0) is 11.3 Å². The minimum Gasteiger partial charge on any atom is -0.434 e. The molecule has 28 heavy (non-hydrogen) atoms. The van der Waals surface area contributed by atoms with Crippen LogP contribution < -0.4 is 0 Å². The summed E-state index contributed by atoms with van der Waals surface area (Å²) in [6, 6.07) is 15.7. The normalized spacial score (nSPS) is 14.0. The molecule has 2 unspecified atom stereocenters. The molecule has 1 N–H and O–H groups in total. The van der Waals surface area contributed by atoms with Crippen LogP contribution in [-0.4, -0.2) is 38.5 Å². The van der Waals surface area contributed by atoms with Gasteiger partial charge in [-0.2, -0.15) is 0 Å². The smallest absolute Gasteiger partial charge is 0.264 e. The Morgan fingerprint density at radius 2 is 1.75 bits per heavy atom. The third kappa shape index (κ3) is 3.66. The van der Waals surface area contributed by atoms with Gasteiger partial charge in [-0.3, -0.25) is 0 Å². The van der Waals surface area contributed by atoms with Gasteiger partial charge in [-0.1, -0.05) is 38.1 Å². The molecule has 0 bridgehead atoms. The second-order valence-corrected chi connectivity index (χ2v) is 6.95. The molecule has 6 heteroatoms. The van der Waals surface area contributed by atoms with Crippen LogP contribution in [0.2, 0.25) is 0 Å². The fraction of sp³-hybridized carbons (Fsp3) is 0.364. The quantitative estimate of drug-likeness (QED) is 0.491. The van der Waals surface area contributed by atoms with Crippen molar-refractivity contribution in [2.45, 2.75) is 45.4 Å². The van der Waals surface area contributed by atoms with Gasteiger partial charge in [0.2, 0.25) is 0 Å². The lowest BCUT2D eigenvalue weighted by molar-refractivity contribution is -0.0178. The molecule has 2 aromatic heterocycles. The number of aliphatic hydroxyl groups excluding tert-OH is 1. The van der Waals surface area contributed by atoms with E-state index in [0.29, 0.717) is 31.3 Å². The lowest BCUT2D eigenvalue weighted by atomic mass is 10.2. The van der Waals surface area contributed by atoms with E-state index in [4.69, 9.17) is 14.1 Å². The number of rotatable bonds is 8. The van der Waals surface area contributed by atoms with Crippen LogP contribution in [0.4, 0.5) is 0 Å². The van der Waals surface area contributed by atoms with E-state index in [1.165, 1.54) is 0 Å². The summed E-state index contributed by atoms with van der Waals surface area (Å²) in [5, 5.41) is 9.84. The summed E-state index contributed by atoms with van der Waals surface area (Å²) in [4.78, 5) is 9.41. The van der Waals surface area contributed by atoms with Crippen molar-refractivity contribution in [3.05, 3.63) is 48.5 Å². The predicted molar refractivity (Wildman–Crippen MR) is 109 cm³/mol. The van der Waals surface area contributed by atoms with Gasteiger partial charge >= 0.3 is 0 Å². The summed E-state index contributed by atoms with van der Waals surface area (Å²) in [5.74, 6) is 1.19. The Hall–Kier alpha value is -2.70. The molecule has 0 spiro atoms. The van der Waals surface area contributed by atoms with E-state index in [2.05, 4.69) is 16.5 Å². The summed E-state index contributed by atoms with van der Waals surface area (Å²) in [7, 11) is 0. The van der Waals surface area contributed by atoms with Crippen molar-refractivity contribution in [1.29, 1.82) is 0 Å². The Balaban J connectivity index is 1.72. The van der Waals surface area contributed by atoms with Crippen molar-refractivity contribution in [2.75, 3.05) is 6.61 Å². The minimum absolute atomic E-state index is 0.0399. The van der Waals surface area contributed by atoms with Crippen LogP contribution in [0.15, 0.2) is 52.9 Å². The number of imidazole rings is 1. The Labute approximate surface area is 163 Å². The van der Waals surface area contributed by atoms with Crippen LogP contribution in [0.25, 0.3) is 33.8 Å². The molecule has 4 rings (SSSR count). The Morgan fingerprint density at radius 1 is 1.00 bits per heavy atom. The molecule has 2 atom stereocenters. The molecule has 2 heterocycles. The molecule has 0 aliphatic carbocycles. The first kappa shape index (κ1) is 18.7. The molecule has 146 valence electrons. The standard InChI is InChI=1S/C22H25N3O3/c1-3-15(26)14-27-16(4-2)13-25-19-11-7-5-9-17(19)23-21(25)22-24-18-10-6-8-12-20(18)28-22/h5-12,15-16,26H,3-4,13-14H2,1-2H3. The fourth-order valence-corrected chi connectivity index (χ4v) is 3.26. The molecule has 0 aliphatic rings. The highest BCUT2D eigenvalue weighted by atomic mass is 16.5. The van der Waals surface area contributed by atoms with E-state index in [9.17, 15) is 5.11 Å². The molecule has 0 amide bonds. The third-order valence-corrected chi connectivity index (χ3v) is 4.98. The first-order valence-electron chi connectivity index (χ1n) is 9.80. The fourth-order valence-electron chi connectivity index (χ4n) is 3.26. The summed E-state index contributed by atoms with van der Waals surface area (Å²) >= 11 is 0. The molecule has 2 aromatic carbocycles. The minimum atomic E-state index is -0.440. The zero-order valence-electron chi connectivity index (χ0n) is 16.2. The number of para-hydroxylation sites is 4. The first-order chi connectivity index (χ1) is 13.7. The van der Waals surface area contributed by atoms with Gasteiger partial charge in [0.1, 0.15) is 5.52 Å². The van der Waals surface area contributed by atoms with Gasteiger partial charge in [-0.15, -0.1) is 0 Å². The molecular weight excluding hydrogens is 354 g/mol. The third-order valence-electron chi connectivity index (χ3n) is 4.98. The van der Waals surface area contributed by atoms with Crippen LogP contribution in [0.1, 0.15) is 26.7 Å². The number of hydrogen-bond acceptors (Lipinski definition) is 5. The van der Waals surface area contributed by atoms with E-state index < -0.39 is 6.10 Å². The first-order valence-corrected chi connectivity index (χ1v) is 9.80. The molecule has 0 saturated carbocycles. The number of aliphatic hydroxyl groups is 1. The number of hydrogen-bond donors (Lipinski definition) is 1. The molecular formula is C22H25N3O3. The largest absolute Gasteiger partial charge is 0.434 e. The maximum atomic E-state index is 9.84. The van der Waals surface area contributed by atoms with Crippen molar-refractivity contribution >= 4 is 22.1 Å². The Bertz CT molecular complexity index is 1040. The monoisotopic (exact) mass is 379 g/mol. The summed E-state index contributed by atoms with van der Waals surface area (Å²) in [6.07, 6.45) is 1.03. The number of aromatic nitrogens is 3. The van der Waals surface area contributed by atoms with Crippen molar-refractivity contribution in [3.63, 3.8) is 0 Å². The van der Waals surface area contributed by atoms with E-state index in [1.807, 2.05) is 55.5 Å². The number of fused-ring (bicyclic) bond motifs is 2. The molecule has 0 fully saturated rings. The maximum Gasteiger partial charge on any atom is 0.264 e. The van der Waals surface area contributed by atoms with E-state index in [0.717, 1.165) is 28.6 Å². The van der Waals surface area contributed by atoms with Crippen LogP contribution in [0.5, 0.6) is 0 Å². The molecule has 0 aliphatic heterocycles. The lowest BCUT2D eigenvalue weighted by Crippen LogP contribution is -2.25. The van der Waals surface area contributed by atoms with Crippen LogP contribution in [0.3, 0.4) is 0 Å². The summed E-state index contributed by atoms with van der Waals surface area (Å²) < 4.78 is 14.0. The molecule has 4 aromatic rings. The van der Waals surface area contributed by atoms with Gasteiger partial charge in [-0.05, 0) is 37.1 Å². The van der Waals surface area contributed by atoms with Crippen molar-refractivity contribution < 1.29 is 14.3 Å². The highest BCUT2D eigenvalue weighted by Gasteiger charge is 2.20. The molecule has 0 radical (unpaired) electrons. The van der Waals surface area contributed by atoms with E-state index in [-0.39, 0.29) is 6.10 Å². The number of benzene rings is 2. The van der Waals surface area contributed by atoms with Gasteiger partial charge in [-0.25, -0.2) is 9.97 Å². The van der Waals surface area contributed by atoms with Crippen molar-refractivity contribution in [2.24, 2.45) is 0 Å². The van der Waals surface area contributed by atoms with Gasteiger partial charge in [0.05, 0.1) is 36.4 Å². The molecule has 6 nitrogen and oxygen atoms in total. The lowest BCUT2D eigenvalue weighted by Gasteiger charge is -2.20. The van der Waals surface area contributed by atoms with Gasteiger partial charge < -0.3 is 18.8 Å². The van der Waals surface area contributed by atoms with Crippen LogP contribution in [0, 0.1) is 0 Å². The average molecular weight is 379 g/mol. The highest BCUT2D eigenvalue weighted by Crippen LogP contribution is 2.28. The topological polar surface area (TPSA) is 73.3 Å². The highest BCUT2D eigenvalue weighted by molar-refractivity contribution is 5.81. The zero-order valence-corrected chi connectivity index (χ0v) is 16.2. The van der Waals surface area contributed by atoms with E-state index >= 15 is 0 Å². The van der Waals surface area contributed by atoms with Gasteiger partial charge in [0.15, 0.2) is 11.4 Å². The number of oxazole rings is 1. The summed E-state index contributed by atoms with van der Waals surface area (Å²) in [5.41, 5.74) is 3.46. The van der Waals surface area contributed by atoms with E-state index in [1.54, 1.807) is 0 Å². The Morgan fingerprint density at radius 3 is 2.50 bits per heavy atom. The second kappa shape index (κ2) is 8.12. The number of nitrogens with zero attached hydrogens (tertiary/aromatic N) is 3. The Kier molecular flexibility index (Phi) is 5.41. The summed E-state index contributed by atoms with van der Waals surface area (Å²) in [6.45, 7) is 4.98. The van der Waals surface area contributed by atoms with Crippen molar-refractivity contribution in [3.8, 4) is 11.7 Å². The van der Waals surface area contributed by atoms with Crippen LogP contribution >= 0.6 is 0 Å². The predicted octanol–water partition coefficient (Wildman–Crippen LogP) is 4.41. The maximum absolute atomic E-state index is 9.84.